The first-order valence-corrected chi connectivity index (χ1v) is 10.0. The highest BCUT2D eigenvalue weighted by Crippen LogP contribution is 2.51. The number of methoxy groups -OCH3 is 2. The fourth-order valence-electron chi connectivity index (χ4n) is 4.32. The van der Waals surface area contributed by atoms with Gasteiger partial charge in [0.25, 0.3) is 0 Å². The van der Waals surface area contributed by atoms with Crippen LogP contribution in [0.15, 0.2) is 42.5 Å². The van der Waals surface area contributed by atoms with Crippen molar-refractivity contribution in [2.45, 2.75) is 18.7 Å². The number of carbonyl (C=O) groups is 1. The van der Waals surface area contributed by atoms with E-state index in [1.54, 1.807) is 33.2 Å². The molecule has 0 saturated carbocycles. The Labute approximate surface area is 181 Å². The Morgan fingerprint density at radius 1 is 1.20 bits per heavy atom. The fourth-order valence-corrected chi connectivity index (χ4v) is 4.73. The summed E-state index contributed by atoms with van der Waals surface area (Å²) < 4.78 is 17.5. The van der Waals surface area contributed by atoms with E-state index in [-0.39, 0.29) is 11.9 Å². The number of rotatable bonds is 4. The normalized spacial score (nSPS) is 24.3. The van der Waals surface area contributed by atoms with Gasteiger partial charge in [-0.05, 0) is 49.5 Å². The molecule has 4 rings (SSSR count). The second kappa shape index (κ2) is 7.36. The van der Waals surface area contributed by atoms with E-state index in [1.807, 2.05) is 54.3 Å². The van der Waals surface area contributed by atoms with E-state index in [9.17, 15) is 4.79 Å². The van der Waals surface area contributed by atoms with Gasteiger partial charge in [-0.15, -0.1) is 0 Å². The lowest BCUT2D eigenvalue weighted by molar-refractivity contribution is -0.144. The molecule has 2 aromatic carbocycles. The largest absolute Gasteiger partial charge is 0.497 e. The lowest BCUT2D eigenvalue weighted by Gasteiger charge is -2.56. The van der Waals surface area contributed by atoms with E-state index in [2.05, 4.69) is 5.32 Å². The predicted octanol–water partition coefficient (Wildman–Crippen LogP) is 2.95. The molecular formula is C22H25N3O4S. The summed E-state index contributed by atoms with van der Waals surface area (Å²) in [5.74, 6) is 1.38. The molecule has 1 N–H and O–H groups in total. The van der Waals surface area contributed by atoms with E-state index in [0.717, 1.165) is 11.3 Å². The molecule has 2 heterocycles. The smallest absolute Gasteiger partial charge is 0.233 e. The molecule has 2 bridgehead atoms. The third-order valence-corrected chi connectivity index (χ3v) is 6.04. The lowest BCUT2D eigenvalue weighted by Crippen LogP contribution is -2.72. The summed E-state index contributed by atoms with van der Waals surface area (Å²) in [4.78, 5) is 16.8. The van der Waals surface area contributed by atoms with Gasteiger partial charge in [0.15, 0.2) is 10.8 Å². The van der Waals surface area contributed by atoms with Crippen molar-refractivity contribution >= 4 is 28.9 Å². The number of nitrogens with zero attached hydrogens (tertiary/aromatic N) is 2. The van der Waals surface area contributed by atoms with Gasteiger partial charge in [-0.2, -0.15) is 0 Å². The number of thiocarbonyl (C=S) groups is 1. The van der Waals surface area contributed by atoms with E-state index in [0.29, 0.717) is 22.4 Å². The molecule has 1 saturated heterocycles. The Bertz CT molecular complexity index is 1010. The molecule has 8 heteroatoms. The van der Waals surface area contributed by atoms with E-state index < -0.39 is 11.6 Å². The molecule has 0 aliphatic carbocycles. The molecule has 30 heavy (non-hydrogen) atoms. The summed E-state index contributed by atoms with van der Waals surface area (Å²) in [6, 6.07) is 12.8. The first-order valence-electron chi connectivity index (χ1n) is 9.63. The van der Waals surface area contributed by atoms with Crippen LogP contribution in [0.1, 0.15) is 18.5 Å². The highest BCUT2D eigenvalue weighted by molar-refractivity contribution is 7.80. The zero-order valence-corrected chi connectivity index (χ0v) is 18.4. The quantitative estimate of drug-likeness (QED) is 0.753. The van der Waals surface area contributed by atoms with Gasteiger partial charge in [-0.25, -0.2) is 0 Å². The average Bonchev–Trinajstić information content (AvgIpc) is 2.72. The van der Waals surface area contributed by atoms with Crippen molar-refractivity contribution in [3.05, 3.63) is 48.0 Å². The minimum Gasteiger partial charge on any atom is -0.497 e. The number of nitrogens with one attached hydrogen (secondary N) is 1. The van der Waals surface area contributed by atoms with Crippen LogP contribution < -0.4 is 24.4 Å². The van der Waals surface area contributed by atoms with E-state index >= 15 is 0 Å². The Kier molecular flexibility index (Phi) is 4.97. The van der Waals surface area contributed by atoms with Crippen molar-refractivity contribution < 1.29 is 19.0 Å². The minimum absolute atomic E-state index is 0.0640. The van der Waals surface area contributed by atoms with Crippen LogP contribution in [-0.2, 0) is 4.79 Å². The number of amides is 1. The maximum Gasteiger partial charge on any atom is 0.233 e. The summed E-state index contributed by atoms with van der Waals surface area (Å²) in [6.45, 7) is 1.90. The van der Waals surface area contributed by atoms with E-state index in [4.69, 9.17) is 26.4 Å². The van der Waals surface area contributed by atoms with Gasteiger partial charge in [-0.3, -0.25) is 9.69 Å². The maximum absolute atomic E-state index is 13.4. The Morgan fingerprint density at radius 2 is 1.93 bits per heavy atom. The molecule has 3 atom stereocenters. The number of hydrogen-bond donors (Lipinski definition) is 1. The van der Waals surface area contributed by atoms with Crippen LogP contribution in [0, 0.1) is 5.92 Å². The molecule has 0 unspecified atom stereocenters. The first-order chi connectivity index (χ1) is 14.3. The number of para-hydroxylation sites is 2. The fraction of sp³-hybridized carbons (Fsp3) is 0.364. The Morgan fingerprint density at radius 3 is 2.60 bits per heavy atom. The van der Waals surface area contributed by atoms with Crippen LogP contribution >= 0.6 is 12.2 Å². The molecule has 2 aliphatic rings. The highest BCUT2D eigenvalue weighted by Gasteiger charge is 2.59. The lowest BCUT2D eigenvalue weighted by atomic mass is 9.78. The number of benzene rings is 2. The van der Waals surface area contributed by atoms with Crippen LogP contribution in [0.25, 0.3) is 0 Å². The molecule has 0 spiro atoms. The van der Waals surface area contributed by atoms with Crippen molar-refractivity contribution in [3.8, 4) is 17.2 Å². The number of hydrogen-bond acceptors (Lipinski definition) is 5. The molecule has 1 fully saturated rings. The van der Waals surface area contributed by atoms with Gasteiger partial charge in [-0.1, -0.05) is 12.1 Å². The Balaban J connectivity index is 1.93. The van der Waals surface area contributed by atoms with Gasteiger partial charge >= 0.3 is 0 Å². The third-order valence-electron chi connectivity index (χ3n) is 5.74. The van der Waals surface area contributed by atoms with Crippen LogP contribution in [0.3, 0.4) is 0 Å². The molecule has 0 radical (unpaired) electrons. The van der Waals surface area contributed by atoms with Crippen LogP contribution in [0.5, 0.6) is 17.2 Å². The summed E-state index contributed by atoms with van der Waals surface area (Å²) in [7, 11) is 6.71. The standard InChI is InChI=1S/C22H25N3O4S/c1-22-18(20(26)24(2)3)19(14-12-13(27-4)10-11-16(14)29-22)23-21(30)25(22)15-8-6-7-9-17(15)28-5/h6-12,18-19H,1-5H3,(H,23,30)/t18-,19+,22-/m0/s1. The highest BCUT2D eigenvalue weighted by atomic mass is 32.1. The molecule has 158 valence electrons. The number of anilines is 1. The zero-order valence-electron chi connectivity index (χ0n) is 17.6. The van der Waals surface area contributed by atoms with Gasteiger partial charge in [0.2, 0.25) is 5.91 Å². The van der Waals surface area contributed by atoms with Gasteiger partial charge < -0.3 is 24.4 Å². The summed E-state index contributed by atoms with van der Waals surface area (Å²) in [6.07, 6.45) is 0. The third kappa shape index (κ3) is 2.94. The van der Waals surface area contributed by atoms with Gasteiger partial charge in [0.1, 0.15) is 23.2 Å². The van der Waals surface area contributed by atoms with Gasteiger partial charge in [0, 0.05) is 19.7 Å². The number of ether oxygens (including phenoxy) is 3. The van der Waals surface area contributed by atoms with Crippen LogP contribution in [0.2, 0.25) is 0 Å². The second-order valence-electron chi connectivity index (χ2n) is 7.71. The van der Waals surface area contributed by atoms with Crippen LogP contribution in [-0.4, -0.2) is 50.0 Å². The SMILES string of the molecule is COc1ccc2c(c1)[C@H]1NC(=S)N(c3ccccc3OC)[C@@](C)(O2)[C@@H]1C(=O)N(C)C. The van der Waals surface area contributed by atoms with Crippen molar-refractivity contribution in [2.75, 3.05) is 33.2 Å². The maximum atomic E-state index is 13.4. The molecule has 1 amide bonds. The Hall–Kier alpha value is -3.00. The summed E-state index contributed by atoms with van der Waals surface area (Å²) >= 11 is 5.76. The van der Waals surface area contributed by atoms with Crippen molar-refractivity contribution in [1.82, 2.24) is 10.2 Å². The average molecular weight is 428 g/mol. The molecular weight excluding hydrogens is 402 g/mol. The van der Waals surface area contributed by atoms with E-state index in [1.165, 1.54) is 0 Å². The minimum atomic E-state index is -1.06. The van der Waals surface area contributed by atoms with Crippen molar-refractivity contribution in [1.29, 1.82) is 0 Å². The molecule has 7 nitrogen and oxygen atoms in total. The molecule has 2 aromatic rings. The van der Waals surface area contributed by atoms with Crippen molar-refractivity contribution in [3.63, 3.8) is 0 Å². The number of carbonyl (C=O) groups excluding carboxylic acids is 1. The predicted molar refractivity (Wildman–Crippen MR) is 118 cm³/mol. The first kappa shape index (κ1) is 20.3. The summed E-state index contributed by atoms with van der Waals surface area (Å²) in [5, 5.41) is 3.85. The second-order valence-corrected chi connectivity index (χ2v) is 8.09. The topological polar surface area (TPSA) is 63.3 Å². The monoisotopic (exact) mass is 427 g/mol. The molecule has 2 aliphatic heterocycles. The number of fused-ring (bicyclic) bond motifs is 4. The van der Waals surface area contributed by atoms with Crippen LogP contribution in [0.4, 0.5) is 5.69 Å². The zero-order chi connectivity index (χ0) is 21.6. The summed E-state index contributed by atoms with van der Waals surface area (Å²) in [5.41, 5.74) is 0.505. The van der Waals surface area contributed by atoms with Gasteiger partial charge in [0.05, 0.1) is 25.9 Å². The van der Waals surface area contributed by atoms with Crippen molar-refractivity contribution in [2.24, 2.45) is 5.92 Å². The molecule has 0 aromatic heterocycles.